The fourth-order valence-electron chi connectivity index (χ4n) is 4.23. The molecule has 1 aromatic carbocycles. The molecule has 0 saturated carbocycles. The Morgan fingerprint density at radius 1 is 1.21 bits per heavy atom. The van der Waals surface area contributed by atoms with Crippen LogP contribution in [0, 0.1) is 12.8 Å². The summed E-state index contributed by atoms with van der Waals surface area (Å²) in [6, 6.07) is 11.2. The van der Waals surface area contributed by atoms with Gasteiger partial charge in [-0.2, -0.15) is 0 Å². The molecule has 180 valence electrons. The van der Waals surface area contributed by atoms with E-state index < -0.39 is 0 Å². The van der Waals surface area contributed by atoms with Gasteiger partial charge in [0.05, 0.1) is 10.9 Å². The first kappa shape index (κ1) is 24.8. The van der Waals surface area contributed by atoms with Crippen LogP contribution in [-0.4, -0.2) is 47.9 Å². The maximum Gasteiger partial charge on any atom is 0.264 e. The first-order valence-electron chi connectivity index (χ1n) is 11.4. The number of hydrogen-bond donors (Lipinski definition) is 0. The van der Waals surface area contributed by atoms with E-state index in [0.29, 0.717) is 29.6 Å². The Hall–Kier alpha value is -2.35. The lowest BCUT2D eigenvalue weighted by atomic mass is 10.00. The molecule has 2 aromatic heterocycles. The van der Waals surface area contributed by atoms with Crippen LogP contribution >= 0.6 is 34.3 Å². The van der Waals surface area contributed by atoms with Gasteiger partial charge in [-0.25, -0.2) is 0 Å². The molecule has 0 N–H and O–H groups in total. The Balaban J connectivity index is 1.53. The van der Waals surface area contributed by atoms with Gasteiger partial charge in [0.2, 0.25) is 5.91 Å². The van der Waals surface area contributed by atoms with E-state index in [1.54, 1.807) is 16.2 Å². The number of benzene rings is 1. The number of ether oxygens (including phenoxy) is 1. The number of hydrogen-bond acceptors (Lipinski definition) is 5. The summed E-state index contributed by atoms with van der Waals surface area (Å²) >= 11 is 9.28. The quantitative estimate of drug-likeness (QED) is 0.365. The topological polar surface area (TPSA) is 49.9 Å². The molecule has 0 fully saturated rings. The Kier molecular flexibility index (Phi) is 7.96. The fraction of sp³-hybridized carbons (Fsp3) is 0.385. The minimum atomic E-state index is -0.198. The van der Waals surface area contributed by atoms with Gasteiger partial charge >= 0.3 is 0 Å². The number of aryl methyl sites for hydroxylation is 1. The molecule has 2 amide bonds. The molecule has 3 aromatic rings. The number of carbonyl (C=O) groups is 2. The first-order valence-corrected chi connectivity index (χ1v) is 13.5. The minimum absolute atomic E-state index is 0.0525. The Morgan fingerprint density at radius 3 is 2.74 bits per heavy atom. The van der Waals surface area contributed by atoms with Gasteiger partial charge in [-0.3, -0.25) is 9.59 Å². The van der Waals surface area contributed by atoms with E-state index in [0.717, 1.165) is 23.3 Å². The molecule has 0 saturated heterocycles. The van der Waals surface area contributed by atoms with E-state index >= 15 is 0 Å². The predicted molar refractivity (Wildman–Crippen MR) is 139 cm³/mol. The Labute approximate surface area is 213 Å². The standard InChI is InChI=1S/C26H29ClN2O3S2/c1-17(2)14-28(26(31)24-5-4-11-33-24)15-25(30)29-10-8-23-20(9-12-34-23)22(29)16-32-19-6-7-21(27)18(3)13-19/h4-7,9,11-13,17,22H,8,10,14-16H2,1-3H3/t22-/m1/s1. The molecule has 4 rings (SSSR count). The molecule has 8 heteroatoms. The Bertz CT molecular complexity index is 1140. The number of fused-ring (bicyclic) bond motifs is 1. The summed E-state index contributed by atoms with van der Waals surface area (Å²) in [7, 11) is 0. The molecule has 1 aliphatic rings. The van der Waals surface area contributed by atoms with Crippen LogP contribution < -0.4 is 4.74 Å². The van der Waals surface area contributed by atoms with Crippen LogP contribution in [0.25, 0.3) is 0 Å². The molecular formula is C26H29ClN2O3S2. The largest absolute Gasteiger partial charge is 0.491 e. The summed E-state index contributed by atoms with van der Waals surface area (Å²) in [5, 5.41) is 4.66. The van der Waals surface area contributed by atoms with Crippen LogP contribution in [0.4, 0.5) is 0 Å². The molecule has 0 unspecified atom stereocenters. The van der Waals surface area contributed by atoms with Crippen molar-refractivity contribution < 1.29 is 14.3 Å². The van der Waals surface area contributed by atoms with E-state index in [1.807, 2.05) is 47.5 Å². The maximum atomic E-state index is 13.6. The molecule has 5 nitrogen and oxygen atoms in total. The van der Waals surface area contributed by atoms with Gasteiger partial charge in [-0.05, 0) is 71.5 Å². The number of rotatable bonds is 8. The summed E-state index contributed by atoms with van der Waals surface area (Å²) < 4.78 is 6.14. The summed E-state index contributed by atoms with van der Waals surface area (Å²) in [6.45, 7) is 7.61. The zero-order valence-electron chi connectivity index (χ0n) is 19.6. The third-order valence-electron chi connectivity index (χ3n) is 5.88. The van der Waals surface area contributed by atoms with Gasteiger partial charge in [-0.1, -0.05) is 31.5 Å². The van der Waals surface area contributed by atoms with Crippen LogP contribution in [0.15, 0.2) is 47.2 Å². The number of halogens is 1. The maximum absolute atomic E-state index is 13.6. The zero-order valence-corrected chi connectivity index (χ0v) is 22.0. The molecule has 0 spiro atoms. The molecule has 3 heterocycles. The van der Waals surface area contributed by atoms with E-state index in [9.17, 15) is 9.59 Å². The lowest BCUT2D eigenvalue weighted by molar-refractivity contribution is -0.135. The average molecular weight is 517 g/mol. The highest BCUT2D eigenvalue weighted by molar-refractivity contribution is 7.12. The van der Waals surface area contributed by atoms with Crippen LogP contribution in [0.2, 0.25) is 5.02 Å². The highest BCUT2D eigenvalue weighted by Gasteiger charge is 2.34. The van der Waals surface area contributed by atoms with Crippen LogP contribution in [0.1, 0.15) is 45.6 Å². The van der Waals surface area contributed by atoms with E-state index in [2.05, 4.69) is 25.3 Å². The number of thiophene rings is 2. The zero-order chi connectivity index (χ0) is 24.2. The second kappa shape index (κ2) is 10.9. The van der Waals surface area contributed by atoms with Gasteiger partial charge in [0.1, 0.15) is 18.9 Å². The normalized spacial score (nSPS) is 15.3. The van der Waals surface area contributed by atoms with E-state index in [4.69, 9.17) is 16.3 Å². The first-order chi connectivity index (χ1) is 16.3. The van der Waals surface area contributed by atoms with Gasteiger partial charge in [0.15, 0.2) is 0 Å². The van der Waals surface area contributed by atoms with Crippen LogP contribution in [-0.2, 0) is 11.2 Å². The van der Waals surface area contributed by atoms with Crippen molar-refractivity contribution in [2.45, 2.75) is 33.2 Å². The third-order valence-corrected chi connectivity index (χ3v) is 8.16. The summed E-state index contributed by atoms with van der Waals surface area (Å²) in [5.41, 5.74) is 2.08. The van der Waals surface area contributed by atoms with Gasteiger partial charge < -0.3 is 14.5 Å². The second-order valence-corrected chi connectivity index (χ2v) is 11.3. The van der Waals surface area contributed by atoms with Gasteiger partial charge in [-0.15, -0.1) is 22.7 Å². The summed E-state index contributed by atoms with van der Waals surface area (Å²) in [4.78, 5) is 32.2. The van der Waals surface area contributed by atoms with E-state index in [1.165, 1.54) is 16.2 Å². The van der Waals surface area contributed by atoms with Crippen molar-refractivity contribution in [1.82, 2.24) is 9.80 Å². The Morgan fingerprint density at radius 2 is 2.03 bits per heavy atom. The molecule has 34 heavy (non-hydrogen) atoms. The smallest absolute Gasteiger partial charge is 0.264 e. The lowest BCUT2D eigenvalue weighted by Gasteiger charge is -2.37. The number of nitrogens with zero attached hydrogens (tertiary/aromatic N) is 2. The van der Waals surface area contributed by atoms with Crippen molar-refractivity contribution in [1.29, 1.82) is 0 Å². The summed E-state index contributed by atoms with van der Waals surface area (Å²) in [6.07, 6.45) is 0.818. The van der Waals surface area contributed by atoms with Gasteiger partial charge in [0.25, 0.3) is 5.91 Å². The molecule has 0 radical (unpaired) electrons. The van der Waals surface area contributed by atoms with Crippen LogP contribution in [0.3, 0.4) is 0 Å². The number of carbonyl (C=O) groups excluding carboxylic acids is 2. The van der Waals surface area contributed by atoms with Crippen molar-refractivity contribution in [3.05, 3.63) is 73.1 Å². The molecule has 0 bridgehead atoms. The van der Waals surface area contributed by atoms with E-state index in [-0.39, 0.29) is 30.3 Å². The fourth-order valence-corrected chi connectivity index (χ4v) is 5.96. The van der Waals surface area contributed by atoms with Crippen LogP contribution in [0.5, 0.6) is 5.75 Å². The van der Waals surface area contributed by atoms with Crippen molar-refractivity contribution in [3.8, 4) is 5.75 Å². The van der Waals surface area contributed by atoms with Crippen molar-refractivity contribution in [2.24, 2.45) is 5.92 Å². The van der Waals surface area contributed by atoms with Crippen molar-refractivity contribution in [2.75, 3.05) is 26.2 Å². The third kappa shape index (κ3) is 5.65. The predicted octanol–water partition coefficient (Wildman–Crippen LogP) is 6.07. The second-order valence-electron chi connectivity index (χ2n) is 8.93. The number of amides is 2. The molecular weight excluding hydrogens is 488 g/mol. The molecule has 1 atom stereocenters. The van der Waals surface area contributed by atoms with Crippen molar-refractivity contribution >= 4 is 46.1 Å². The lowest BCUT2D eigenvalue weighted by Crippen LogP contribution is -2.48. The highest BCUT2D eigenvalue weighted by Crippen LogP contribution is 2.34. The monoisotopic (exact) mass is 516 g/mol. The minimum Gasteiger partial charge on any atom is -0.491 e. The molecule has 1 aliphatic heterocycles. The molecule has 0 aliphatic carbocycles. The average Bonchev–Trinajstić information content (AvgIpc) is 3.50. The van der Waals surface area contributed by atoms with Gasteiger partial charge in [0, 0.05) is 23.0 Å². The summed E-state index contributed by atoms with van der Waals surface area (Å²) in [5.74, 6) is 0.845. The SMILES string of the molecule is Cc1cc(OC[C@@H]2c3ccsc3CCN2C(=O)CN(CC(C)C)C(=O)c2cccs2)ccc1Cl. The highest BCUT2D eigenvalue weighted by atomic mass is 35.5. The van der Waals surface area contributed by atoms with Crippen molar-refractivity contribution in [3.63, 3.8) is 0 Å².